The van der Waals surface area contributed by atoms with Gasteiger partial charge < -0.3 is 4.90 Å². The fourth-order valence-corrected chi connectivity index (χ4v) is 5.03. The molecule has 20 heavy (non-hydrogen) atoms. The van der Waals surface area contributed by atoms with Crippen molar-refractivity contribution in [1.82, 2.24) is 9.88 Å². The van der Waals surface area contributed by atoms with Crippen molar-refractivity contribution in [2.45, 2.75) is 30.5 Å². The molecular weight excluding hydrogens is 296 g/mol. The monoisotopic (exact) mass is 316 g/mol. The molecule has 1 aliphatic heterocycles. The van der Waals surface area contributed by atoms with E-state index in [4.69, 9.17) is 11.6 Å². The predicted molar refractivity (Wildman–Crippen MR) is 80.8 cm³/mol. The van der Waals surface area contributed by atoms with Crippen LogP contribution in [0.1, 0.15) is 24.1 Å². The highest BCUT2D eigenvalue weighted by atomic mass is 35.5. The van der Waals surface area contributed by atoms with E-state index in [-0.39, 0.29) is 17.6 Å². The molecule has 1 aromatic rings. The summed E-state index contributed by atoms with van der Waals surface area (Å²) >= 11 is 5.80. The Morgan fingerprint density at radius 1 is 1.50 bits per heavy atom. The third-order valence-corrected chi connectivity index (χ3v) is 6.17. The molecule has 1 aromatic heterocycles. The number of sulfone groups is 1. The predicted octanol–water partition coefficient (Wildman–Crippen LogP) is 2.24. The highest BCUT2D eigenvalue weighted by molar-refractivity contribution is 7.91. The minimum absolute atomic E-state index is 0.212. The lowest BCUT2D eigenvalue weighted by molar-refractivity contribution is 0.223. The molecule has 0 saturated carbocycles. The molecule has 0 radical (unpaired) electrons. The molecular formula is C14H21ClN2O2S. The fraction of sp³-hybridized carbons (Fsp3) is 0.643. The van der Waals surface area contributed by atoms with Crippen LogP contribution < -0.4 is 0 Å². The summed E-state index contributed by atoms with van der Waals surface area (Å²) in [6.45, 7) is 3.69. The molecule has 1 saturated heterocycles. The summed E-state index contributed by atoms with van der Waals surface area (Å²) in [6.07, 6.45) is 3.58. The van der Waals surface area contributed by atoms with E-state index in [0.717, 1.165) is 25.9 Å². The molecule has 0 amide bonds. The van der Waals surface area contributed by atoms with Gasteiger partial charge in [0, 0.05) is 12.7 Å². The van der Waals surface area contributed by atoms with E-state index in [1.54, 1.807) is 13.0 Å². The molecule has 1 aliphatic rings. The van der Waals surface area contributed by atoms with Crippen LogP contribution in [0.25, 0.3) is 0 Å². The second-order valence-corrected chi connectivity index (χ2v) is 7.84. The lowest BCUT2D eigenvalue weighted by atomic mass is 10.0. The first kappa shape index (κ1) is 15.7. The molecule has 1 atom stereocenters. The van der Waals surface area contributed by atoms with Crippen LogP contribution in [0.2, 0.25) is 0 Å². The summed E-state index contributed by atoms with van der Waals surface area (Å²) in [5.41, 5.74) is 1.33. The molecule has 0 bridgehead atoms. The number of pyridine rings is 1. The average molecular weight is 317 g/mol. The Bertz CT molecular complexity index is 575. The Morgan fingerprint density at radius 3 is 2.90 bits per heavy atom. The molecule has 4 nitrogen and oxygen atoms in total. The SMILES string of the molecule is Cc1c(S(=O)(=O)CC2CCCN(C)C2)ccnc1CCl. The van der Waals surface area contributed by atoms with Crippen LogP contribution >= 0.6 is 11.6 Å². The quantitative estimate of drug-likeness (QED) is 0.799. The maximum Gasteiger partial charge on any atom is 0.179 e. The van der Waals surface area contributed by atoms with Gasteiger partial charge in [-0.1, -0.05) is 0 Å². The molecule has 0 N–H and O–H groups in total. The summed E-state index contributed by atoms with van der Waals surface area (Å²) < 4.78 is 25.2. The topological polar surface area (TPSA) is 50.3 Å². The second kappa shape index (κ2) is 6.41. The van der Waals surface area contributed by atoms with Crippen LogP contribution in [-0.2, 0) is 15.7 Å². The van der Waals surface area contributed by atoms with Gasteiger partial charge in [0.05, 0.1) is 22.2 Å². The van der Waals surface area contributed by atoms with Gasteiger partial charge in [-0.25, -0.2) is 8.42 Å². The number of nitrogens with zero attached hydrogens (tertiary/aromatic N) is 2. The number of hydrogen-bond donors (Lipinski definition) is 0. The zero-order valence-corrected chi connectivity index (χ0v) is 13.5. The Balaban J connectivity index is 2.22. The van der Waals surface area contributed by atoms with Crippen molar-refractivity contribution in [3.8, 4) is 0 Å². The zero-order valence-electron chi connectivity index (χ0n) is 12.0. The van der Waals surface area contributed by atoms with E-state index in [1.807, 2.05) is 7.05 Å². The van der Waals surface area contributed by atoms with Crippen molar-refractivity contribution in [3.63, 3.8) is 0 Å². The maximum absolute atomic E-state index is 12.6. The smallest absolute Gasteiger partial charge is 0.179 e. The highest BCUT2D eigenvalue weighted by Crippen LogP contribution is 2.24. The number of aromatic nitrogens is 1. The minimum Gasteiger partial charge on any atom is -0.306 e. The van der Waals surface area contributed by atoms with Crippen LogP contribution in [0.15, 0.2) is 17.2 Å². The van der Waals surface area contributed by atoms with Crippen molar-refractivity contribution in [3.05, 3.63) is 23.5 Å². The van der Waals surface area contributed by atoms with E-state index in [9.17, 15) is 8.42 Å². The number of rotatable bonds is 4. The third kappa shape index (κ3) is 3.51. The third-order valence-electron chi connectivity index (χ3n) is 3.90. The van der Waals surface area contributed by atoms with E-state index in [0.29, 0.717) is 16.2 Å². The number of alkyl halides is 1. The Hall–Kier alpha value is -0.650. The normalized spacial score (nSPS) is 21.1. The van der Waals surface area contributed by atoms with Crippen molar-refractivity contribution < 1.29 is 8.42 Å². The summed E-state index contributed by atoms with van der Waals surface area (Å²) in [6, 6.07) is 1.59. The van der Waals surface area contributed by atoms with Crippen LogP contribution in [-0.4, -0.2) is 44.2 Å². The Labute approximate surface area is 126 Å². The fourth-order valence-electron chi connectivity index (χ4n) is 2.84. The number of hydrogen-bond acceptors (Lipinski definition) is 4. The molecule has 2 heterocycles. The first-order valence-electron chi connectivity index (χ1n) is 6.86. The average Bonchev–Trinajstić information content (AvgIpc) is 2.38. The number of likely N-dealkylation sites (tertiary alicyclic amines) is 1. The lowest BCUT2D eigenvalue weighted by Gasteiger charge is -2.29. The Kier molecular flexibility index (Phi) is 5.04. The van der Waals surface area contributed by atoms with Gasteiger partial charge in [-0.2, -0.15) is 0 Å². The van der Waals surface area contributed by atoms with Gasteiger partial charge in [0.1, 0.15) is 0 Å². The molecule has 0 aliphatic carbocycles. The molecule has 1 unspecified atom stereocenters. The van der Waals surface area contributed by atoms with Gasteiger partial charge in [0.25, 0.3) is 0 Å². The summed E-state index contributed by atoms with van der Waals surface area (Å²) in [5.74, 6) is 0.663. The van der Waals surface area contributed by atoms with E-state index < -0.39 is 9.84 Å². The van der Waals surface area contributed by atoms with Crippen LogP contribution in [0.4, 0.5) is 0 Å². The lowest BCUT2D eigenvalue weighted by Crippen LogP contribution is -2.35. The number of piperidine rings is 1. The molecule has 6 heteroatoms. The standard InChI is InChI=1S/C14H21ClN2O2S/c1-11-13(8-15)16-6-5-14(11)20(18,19)10-12-4-3-7-17(2)9-12/h5-6,12H,3-4,7-10H2,1-2H3. The summed E-state index contributed by atoms with van der Waals surface area (Å²) in [7, 11) is -1.23. The van der Waals surface area contributed by atoms with Crippen LogP contribution in [0.5, 0.6) is 0 Å². The summed E-state index contributed by atoms with van der Waals surface area (Å²) in [5, 5.41) is 0. The molecule has 0 aromatic carbocycles. The second-order valence-electron chi connectivity index (χ2n) is 5.57. The molecule has 1 fully saturated rings. The van der Waals surface area contributed by atoms with E-state index in [2.05, 4.69) is 9.88 Å². The van der Waals surface area contributed by atoms with Gasteiger partial charge in [-0.15, -0.1) is 11.6 Å². The van der Waals surface area contributed by atoms with E-state index in [1.165, 1.54) is 6.20 Å². The van der Waals surface area contributed by atoms with Gasteiger partial charge in [0.15, 0.2) is 9.84 Å². The maximum atomic E-state index is 12.6. The van der Waals surface area contributed by atoms with Gasteiger partial charge in [-0.05, 0) is 50.9 Å². The van der Waals surface area contributed by atoms with Crippen molar-refractivity contribution in [1.29, 1.82) is 0 Å². The van der Waals surface area contributed by atoms with Gasteiger partial charge in [-0.3, -0.25) is 4.98 Å². The zero-order chi connectivity index (χ0) is 14.8. The highest BCUT2D eigenvalue weighted by Gasteiger charge is 2.26. The Morgan fingerprint density at radius 2 is 2.25 bits per heavy atom. The van der Waals surface area contributed by atoms with E-state index >= 15 is 0 Å². The van der Waals surface area contributed by atoms with Gasteiger partial charge in [0.2, 0.25) is 0 Å². The molecule has 2 rings (SSSR count). The van der Waals surface area contributed by atoms with Crippen molar-refractivity contribution in [2.75, 3.05) is 25.9 Å². The molecule has 112 valence electrons. The number of halogens is 1. The van der Waals surface area contributed by atoms with Gasteiger partial charge >= 0.3 is 0 Å². The summed E-state index contributed by atoms with van der Waals surface area (Å²) in [4.78, 5) is 6.71. The first-order valence-corrected chi connectivity index (χ1v) is 9.04. The van der Waals surface area contributed by atoms with Crippen molar-refractivity contribution in [2.24, 2.45) is 5.92 Å². The first-order chi connectivity index (χ1) is 9.44. The minimum atomic E-state index is -3.27. The largest absolute Gasteiger partial charge is 0.306 e. The van der Waals surface area contributed by atoms with Crippen LogP contribution in [0, 0.1) is 12.8 Å². The van der Waals surface area contributed by atoms with Crippen LogP contribution in [0.3, 0.4) is 0 Å². The molecule has 0 spiro atoms. The van der Waals surface area contributed by atoms with Crippen molar-refractivity contribution >= 4 is 21.4 Å².